The van der Waals surface area contributed by atoms with E-state index >= 15 is 0 Å². The van der Waals surface area contributed by atoms with E-state index in [1.54, 1.807) is 0 Å². The van der Waals surface area contributed by atoms with E-state index in [4.69, 9.17) is 0 Å². The summed E-state index contributed by atoms with van der Waals surface area (Å²) in [5.74, 6) is 0.674. The number of aromatic nitrogens is 2. The van der Waals surface area contributed by atoms with Crippen molar-refractivity contribution in [1.82, 2.24) is 24.9 Å². The van der Waals surface area contributed by atoms with Gasteiger partial charge in [-0.3, -0.25) is 9.48 Å². The van der Waals surface area contributed by atoms with Crippen LogP contribution in [0, 0.1) is 5.92 Å². The van der Waals surface area contributed by atoms with Crippen molar-refractivity contribution in [1.29, 1.82) is 0 Å². The fourth-order valence-electron chi connectivity index (χ4n) is 4.89. The van der Waals surface area contributed by atoms with Gasteiger partial charge < -0.3 is 15.1 Å². The first-order chi connectivity index (χ1) is 12.2. The van der Waals surface area contributed by atoms with Gasteiger partial charge in [0.1, 0.15) is 0 Å². The fraction of sp³-hybridized carbons (Fsp3) is 0.789. The van der Waals surface area contributed by atoms with E-state index in [1.807, 2.05) is 17.9 Å². The van der Waals surface area contributed by atoms with E-state index in [0.717, 1.165) is 39.0 Å². The first-order valence-corrected chi connectivity index (χ1v) is 9.94. The Morgan fingerprint density at radius 1 is 1.07 bits per heavy atom. The number of nitrogens with one attached hydrogen (secondary N) is 1. The molecule has 0 unspecified atom stereocenters. The maximum absolute atomic E-state index is 13.1. The smallest absolute Gasteiger partial charge is 0.227 e. The van der Waals surface area contributed by atoms with Crippen LogP contribution in [0.25, 0.3) is 0 Å². The molecule has 8 heteroatoms. The number of rotatable bonds is 3. The van der Waals surface area contributed by atoms with Crippen LogP contribution < -0.4 is 5.32 Å². The number of halogens is 2. The second-order valence-corrected chi connectivity index (χ2v) is 7.97. The van der Waals surface area contributed by atoms with Gasteiger partial charge in [0.2, 0.25) is 5.91 Å². The van der Waals surface area contributed by atoms with Crippen LogP contribution in [-0.2, 0) is 11.8 Å². The lowest BCUT2D eigenvalue weighted by molar-refractivity contribution is -0.137. The number of nitrogens with zero attached hydrogens (tertiary/aromatic N) is 4. The van der Waals surface area contributed by atoms with Gasteiger partial charge in [-0.15, -0.1) is 24.8 Å². The van der Waals surface area contributed by atoms with E-state index in [0.29, 0.717) is 11.9 Å². The number of hydrogen-bond donors (Lipinski definition) is 1. The summed E-state index contributed by atoms with van der Waals surface area (Å²) in [6.07, 6.45) is 10.3. The average Bonchev–Trinajstić information content (AvgIpc) is 3.31. The molecule has 3 aliphatic heterocycles. The van der Waals surface area contributed by atoms with Crippen LogP contribution in [0.2, 0.25) is 0 Å². The fourth-order valence-corrected chi connectivity index (χ4v) is 4.89. The van der Waals surface area contributed by atoms with Crippen LogP contribution in [0.1, 0.15) is 43.6 Å². The molecule has 2 atom stereocenters. The number of likely N-dealkylation sites (tertiary alicyclic amines) is 2. The summed E-state index contributed by atoms with van der Waals surface area (Å²) in [7, 11) is 1.94. The van der Waals surface area contributed by atoms with Crippen molar-refractivity contribution in [3.8, 4) is 0 Å². The third kappa shape index (κ3) is 4.97. The van der Waals surface area contributed by atoms with E-state index in [1.165, 1.54) is 37.9 Å². The summed E-state index contributed by atoms with van der Waals surface area (Å²) in [6, 6.07) is 0.695. The summed E-state index contributed by atoms with van der Waals surface area (Å²) in [5, 5.41) is 7.71. The molecule has 154 valence electrons. The van der Waals surface area contributed by atoms with E-state index in [-0.39, 0.29) is 36.6 Å². The van der Waals surface area contributed by atoms with Crippen LogP contribution in [0.4, 0.5) is 0 Å². The first kappa shape index (κ1) is 22.5. The van der Waals surface area contributed by atoms with Crippen molar-refractivity contribution < 1.29 is 4.79 Å². The molecule has 3 aliphatic rings. The minimum Gasteiger partial charge on any atom is -0.342 e. The number of hydrogen-bond acceptors (Lipinski definition) is 4. The third-order valence-electron chi connectivity index (χ3n) is 6.37. The Labute approximate surface area is 174 Å². The molecule has 0 saturated carbocycles. The third-order valence-corrected chi connectivity index (χ3v) is 6.37. The molecular formula is C19H33Cl2N5O. The van der Waals surface area contributed by atoms with Gasteiger partial charge in [0.25, 0.3) is 0 Å². The van der Waals surface area contributed by atoms with Gasteiger partial charge >= 0.3 is 0 Å². The van der Waals surface area contributed by atoms with Crippen molar-refractivity contribution in [3.05, 3.63) is 18.0 Å². The Bertz CT molecular complexity index is 597. The summed E-state index contributed by atoms with van der Waals surface area (Å²) in [6.45, 7) is 6.05. The number of aryl methyl sites for hydroxylation is 1. The van der Waals surface area contributed by atoms with Crippen molar-refractivity contribution in [2.75, 3.05) is 39.3 Å². The van der Waals surface area contributed by atoms with Crippen molar-refractivity contribution >= 4 is 30.7 Å². The molecule has 1 N–H and O–H groups in total. The Morgan fingerprint density at radius 2 is 1.78 bits per heavy atom. The summed E-state index contributed by atoms with van der Waals surface area (Å²) < 4.78 is 1.83. The largest absolute Gasteiger partial charge is 0.342 e. The maximum atomic E-state index is 13.1. The zero-order chi connectivity index (χ0) is 17.2. The molecule has 3 fully saturated rings. The molecule has 1 aromatic rings. The molecule has 27 heavy (non-hydrogen) atoms. The predicted molar refractivity (Wildman–Crippen MR) is 112 cm³/mol. The highest BCUT2D eigenvalue weighted by Gasteiger charge is 2.38. The lowest BCUT2D eigenvalue weighted by Gasteiger charge is -2.41. The summed E-state index contributed by atoms with van der Waals surface area (Å²) >= 11 is 0. The van der Waals surface area contributed by atoms with Gasteiger partial charge in [-0.1, -0.05) is 6.42 Å². The molecule has 0 radical (unpaired) electrons. The van der Waals surface area contributed by atoms with Gasteiger partial charge in [0, 0.05) is 51.4 Å². The standard InChI is InChI=1S/C19H31N5O.2ClH/c1-22-14-15(11-21-22)17-12-20-13-18(17)19(25)24-9-5-16(6-10-24)23-7-3-2-4-8-23;;/h11,14,16-18,20H,2-10,12-13H2,1H3;2*1H/t17-,18+;;/m1../s1. The quantitative estimate of drug-likeness (QED) is 0.817. The van der Waals surface area contributed by atoms with E-state index in [9.17, 15) is 4.79 Å². The number of amides is 1. The second-order valence-electron chi connectivity index (χ2n) is 7.97. The van der Waals surface area contributed by atoms with Crippen LogP contribution in [-0.4, -0.2) is 70.8 Å². The van der Waals surface area contributed by atoms with Crippen LogP contribution in [0.15, 0.2) is 12.4 Å². The van der Waals surface area contributed by atoms with Crippen LogP contribution in [0.3, 0.4) is 0 Å². The monoisotopic (exact) mass is 417 g/mol. The SMILES string of the molecule is Cl.Cl.Cn1cc([C@H]2CNC[C@@H]2C(=O)N2CCC(N3CCCCC3)CC2)cn1. The molecule has 0 aromatic carbocycles. The molecule has 1 amide bonds. The predicted octanol–water partition coefficient (Wildman–Crippen LogP) is 2.04. The normalized spacial score (nSPS) is 27.1. The second kappa shape index (κ2) is 10.1. The number of carbonyl (C=O) groups excluding carboxylic acids is 1. The first-order valence-electron chi connectivity index (χ1n) is 9.94. The van der Waals surface area contributed by atoms with Crippen molar-refractivity contribution in [2.24, 2.45) is 13.0 Å². The van der Waals surface area contributed by atoms with Gasteiger partial charge in [-0.2, -0.15) is 5.10 Å². The zero-order valence-corrected chi connectivity index (χ0v) is 17.8. The highest BCUT2D eigenvalue weighted by Crippen LogP contribution is 2.30. The highest BCUT2D eigenvalue weighted by molar-refractivity contribution is 5.85. The topological polar surface area (TPSA) is 53.4 Å². The summed E-state index contributed by atoms with van der Waals surface area (Å²) in [5.41, 5.74) is 1.19. The maximum Gasteiger partial charge on any atom is 0.227 e. The molecule has 3 saturated heterocycles. The lowest BCUT2D eigenvalue weighted by atomic mass is 9.89. The molecule has 4 rings (SSSR count). The van der Waals surface area contributed by atoms with Crippen molar-refractivity contribution in [2.45, 2.75) is 44.1 Å². The molecule has 4 heterocycles. The minimum absolute atomic E-state index is 0. The molecule has 0 aliphatic carbocycles. The molecule has 0 bridgehead atoms. The molecule has 6 nitrogen and oxygen atoms in total. The number of carbonyl (C=O) groups is 1. The van der Waals surface area contributed by atoms with Gasteiger partial charge in [0.05, 0.1) is 12.1 Å². The van der Waals surface area contributed by atoms with E-state index < -0.39 is 0 Å². The molecular weight excluding hydrogens is 385 g/mol. The Hall–Kier alpha value is -0.820. The Kier molecular flexibility index (Phi) is 8.40. The minimum atomic E-state index is 0. The molecule has 1 aromatic heterocycles. The average molecular weight is 418 g/mol. The van der Waals surface area contributed by atoms with Crippen LogP contribution in [0.5, 0.6) is 0 Å². The highest BCUT2D eigenvalue weighted by atomic mass is 35.5. The Balaban J connectivity index is 0.00000131. The van der Waals surface area contributed by atoms with E-state index in [2.05, 4.69) is 26.4 Å². The van der Waals surface area contributed by atoms with Gasteiger partial charge in [0.15, 0.2) is 0 Å². The van der Waals surface area contributed by atoms with Crippen LogP contribution >= 0.6 is 24.8 Å². The zero-order valence-electron chi connectivity index (χ0n) is 16.2. The molecule has 0 spiro atoms. The lowest BCUT2D eigenvalue weighted by Crippen LogP contribution is -2.50. The van der Waals surface area contributed by atoms with Gasteiger partial charge in [-0.05, 0) is 44.3 Å². The summed E-state index contributed by atoms with van der Waals surface area (Å²) in [4.78, 5) is 17.9. The Morgan fingerprint density at radius 3 is 2.41 bits per heavy atom. The van der Waals surface area contributed by atoms with Gasteiger partial charge in [-0.25, -0.2) is 0 Å². The van der Waals surface area contributed by atoms with Crippen molar-refractivity contribution in [3.63, 3.8) is 0 Å². The number of piperidine rings is 2.